The molecule has 6 heteroatoms. The van der Waals surface area contributed by atoms with Crippen LogP contribution < -0.4 is 4.74 Å². The van der Waals surface area contributed by atoms with E-state index in [1.54, 1.807) is 6.92 Å². The number of nitrogens with zero attached hydrogens (tertiary/aromatic N) is 1. The number of carboxylic acid groups (broad SMARTS) is 1. The molecule has 0 aliphatic rings. The molecule has 3 rings (SSSR count). The van der Waals surface area contributed by atoms with Crippen LogP contribution in [0, 0.1) is 6.92 Å². The Morgan fingerprint density at radius 3 is 2.67 bits per heavy atom. The van der Waals surface area contributed by atoms with Crippen LogP contribution >= 0.6 is 22.9 Å². The summed E-state index contributed by atoms with van der Waals surface area (Å²) in [5.74, 6) is -0.251. The minimum atomic E-state index is -0.952. The van der Waals surface area contributed by atoms with Crippen LogP contribution in [0.2, 0.25) is 5.02 Å². The Morgan fingerprint density at radius 2 is 2.00 bits per heavy atom. The summed E-state index contributed by atoms with van der Waals surface area (Å²) < 4.78 is 5.80. The normalized spacial score (nSPS) is 10.6. The number of hydrogen-bond donors (Lipinski definition) is 1. The number of carbonyl (C=O) groups is 1. The van der Waals surface area contributed by atoms with Crippen LogP contribution in [0.15, 0.2) is 48.5 Å². The van der Waals surface area contributed by atoms with E-state index in [9.17, 15) is 4.79 Å². The maximum Gasteiger partial charge on any atom is 0.347 e. The number of aromatic carboxylic acids is 1. The molecule has 0 unspecified atom stereocenters. The first-order valence-corrected chi connectivity index (χ1v) is 8.41. The van der Waals surface area contributed by atoms with Gasteiger partial charge in [-0.15, -0.1) is 11.3 Å². The van der Waals surface area contributed by atoms with Crippen LogP contribution in [-0.2, 0) is 6.61 Å². The van der Waals surface area contributed by atoms with Gasteiger partial charge < -0.3 is 9.84 Å². The van der Waals surface area contributed by atoms with Crippen LogP contribution in [0.1, 0.15) is 20.9 Å². The topological polar surface area (TPSA) is 59.4 Å². The molecule has 2 aromatic carbocycles. The highest BCUT2D eigenvalue weighted by molar-refractivity contribution is 7.17. The Balaban J connectivity index is 1.77. The number of carboxylic acids is 1. The zero-order chi connectivity index (χ0) is 17.1. The minimum Gasteiger partial charge on any atom is -0.489 e. The van der Waals surface area contributed by atoms with Gasteiger partial charge in [-0.3, -0.25) is 0 Å². The molecule has 0 aliphatic carbocycles. The van der Waals surface area contributed by atoms with Crippen molar-refractivity contribution < 1.29 is 14.6 Å². The molecular formula is C18H14ClNO3S. The molecule has 0 amide bonds. The van der Waals surface area contributed by atoms with E-state index < -0.39 is 5.97 Å². The molecule has 1 heterocycles. The van der Waals surface area contributed by atoms with Crippen molar-refractivity contribution in [2.75, 3.05) is 0 Å². The lowest BCUT2D eigenvalue weighted by Gasteiger charge is -2.07. The predicted molar refractivity (Wildman–Crippen MR) is 95.0 cm³/mol. The largest absolute Gasteiger partial charge is 0.489 e. The summed E-state index contributed by atoms with van der Waals surface area (Å²) in [6.07, 6.45) is 0. The lowest BCUT2D eigenvalue weighted by molar-refractivity contribution is 0.0701. The monoisotopic (exact) mass is 359 g/mol. The van der Waals surface area contributed by atoms with E-state index in [-0.39, 0.29) is 4.88 Å². The summed E-state index contributed by atoms with van der Waals surface area (Å²) in [6, 6.07) is 14.9. The summed E-state index contributed by atoms with van der Waals surface area (Å²) in [7, 11) is 0. The number of aryl methyl sites for hydroxylation is 1. The summed E-state index contributed by atoms with van der Waals surface area (Å²) in [5, 5.41) is 10.5. The van der Waals surface area contributed by atoms with Crippen LogP contribution in [-0.4, -0.2) is 16.1 Å². The van der Waals surface area contributed by atoms with Crippen molar-refractivity contribution in [3.05, 3.63) is 69.7 Å². The molecule has 1 N–H and O–H groups in total. The van der Waals surface area contributed by atoms with Crippen LogP contribution in [0.4, 0.5) is 0 Å². The van der Waals surface area contributed by atoms with Gasteiger partial charge in [-0.1, -0.05) is 35.9 Å². The molecule has 3 aromatic rings. The molecule has 0 saturated heterocycles. The van der Waals surface area contributed by atoms with Gasteiger partial charge in [-0.2, -0.15) is 0 Å². The highest BCUT2D eigenvalue weighted by atomic mass is 35.5. The third-order valence-corrected chi connectivity index (χ3v) is 4.84. The first-order chi connectivity index (χ1) is 11.5. The summed E-state index contributed by atoms with van der Waals surface area (Å²) in [4.78, 5) is 15.8. The fourth-order valence-corrected chi connectivity index (χ4v) is 3.21. The number of ether oxygens (including phenoxy) is 1. The molecule has 0 bridgehead atoms. The van der Waals surface area contributed by atoms with E-state index in [1.165, 1.54) is 0 Å². The number of thiazole rings is 1. The molecule has 122 valence electrons. The maximum atomic E-state index is 11.2. The minimum absolute atomic E-state index is 0.262. The van der Waals surface area contributed by atoms with Crippen molar-refractivity contribution in [2.45, 2.75) is 13.5 Å². The van der Waals surface area contributed by atoms with Crippen molar-refractivity contribution in [3.8, 4) is 16.3 Å². The highest BCUT2D eigenvalue weighted by Gasteiger charge is 2.15. The Bertz CT molecular complexity index is 874. The zero-order valence-corrected chi connectivity index (χ0v) is 14.4. The smallest absolute Gasteiger partial charge is 0.347 e. The lowest BCUT2D eigenvalue weighted by Crippen LogP contribution is -1.95. The predicted octanol–water partition coefficient (Wildman–Crippen LogP) is 5.05. The van der Waals surface area contributed by atoms with E-state index in [0.717, 1.165) is 22.5 Å². The molecule has 0 aliphatic heterocycles. The maximum absolute atomic E-state index is 11.2. The molecule has 4 nitrogen and oxygen atoms in total. The van der Waals surface area contributed by atoms with Gasteiger partial charge in [-0.25, -0.2) is 9.78 Å². The fraction of sp³-hybridized carbons (Fsp3) is 0.111. The van der Waals surface area contributed by atoms with E-state index in [1.807, 2.05) is 48.5 Å². The van der Waals surface area contributed by atoms with Gasteiger partial charge in [0.25, 0.3) is 0 Å². The molecule has 24 heavy (non-hydrogen) atoms. The molecule has 0 saturated carbocycles. The van der Waals surface area contributed by atoms with Gasteiger partial charge >= 0.3 is 5.97 Å². The molecule has 1 aromatic heterocycles. The molecule has 0 fully saturated rings. The summed E-state index contributed by atoms with van der Waals surface area (Å²) in [6.45, 7) is 2.13. The van der Waals surface area contributed by atoms with Gasteiger partial charge in [0, 0.05) is 10.6 Å². The Kier molecular flexibility index (Phi) is 4.83. The Morgan fingerprint density at radius 1 is 1.25 bits per heavy atom. The van der Waals surface area contributed by atoms with Crippen molar-refractivity contribution in [3.63, 3.8) is 0 Å². The van der Waals surface area contributed by atoms with E-state index >= 15 is 0 Å². The average molecular weight is 360 g/mol. The van der Waals surface area contributed by atoms with Crippen molar-refractivity contribution in [1.82, 2.24) is 4.98 Å². The summed E-state index contributed by atoms with van der Waals surface area (Å²) in [5.41, 5.74) is 2.38. The van der Waals surface area contributed by atoms with E-state index in [4.69, 9.17) is 21.4 Å². The second-order valence-electron chi connectivity index (χ2n) is 5.18. The SMILES string of the molecule is Cc1nc(-c2cccc(OCc3ccc(Cl)cc3)c2)sc1C(=O)O. The van der Waals surface area contributed by atoms with Crippen molar-refractivity contribution >= 4 is 28.9 Å². The van der Waals surface area contributed by atoms with Crippen molar-refractivity contribution in [1.29, 1.82) is 0 Å². The fourth-order valence-electron chi connectivity index (χ4n) is 2.18. The van der Waals surface area contributed by atoms with Crippen molar-refractivity contribution in [2.24, 2.45) is 0 Å². The van der Waals surface area contributed by atoms with Gasteiger partial charge in [0.2, 0.25) is 0 Å². The highest BCUT2D eigenvalue weighted by Crippen LogP contribution is 2.30. The Labute approximate surface area is 148 Å². The Hall–Kier alpha value is -2.37. The molecule has 0 spiro atoms. The number of hydrogen-bond acceptors (Lipinski definition) is 4. The zero-order valence-electron chi connectivity index (χ0n) is 12.8. The number of halogens is 1. The molecule has 0 radical (unpaired) electrons. The second kappa shape index (κ2) is 7.03. The lowest BCUT2D eigenvalue weighted by atomic mass is 10.2. The van der Waals surface area contributed by atoms with E-state index in [0.29, 0.717) is 28.1 Å². The number of aromatic nitrogens is 1. The second-order valence-corrected chi connectivity index (χ2v) is 6.62. The van der Waals surface area contributed by atoms with Gasteiger partial charge in [0.15, 0.2) is 0 Å². The van der Waals surface area contributed by atoms with E-state index in [2.05, 4.69) is 4.98 Å². The first kappa shape index (κ1) is 16.5. The third-order valence-electron chi connectivity index (χ3n) is 3.39. The summed E-state index contributed by atoms with van der Waals surface area (Å²) >= 11 is 7.03. The number of benzene rings is 2. The van der Waals surface area contributed by atoms with Gasteiger partial charge in [0.1, 0.15) is 22.2 Å². The van der Waals surface area contributed by atoms with Crippen LogP contribution in [0.25, 0.3) is 10.6 Å². The average Bonchev–Trinajstić information content (AvgIpc) is 2.97. The molecular weight excluding hydrogens is 346 g/mol. The third kappa shape index (κ3) is 3.75. The number of rotatable bonds is 5. The van der Waals surface area contributed by atoms with Gasteiger partial charge in [-0.05, 0) is 36.8 Å². The quantitative estimate of drug-likeness (QED) is 0.692. The molecule has 0 atom stereocenters. The van der Waals surface area contributed by atoms with Crippen LogP contribution in [0.5, 0.6) is 5.75 Å². The standard InChI is InChI=1S/C18H14ClNO3S/c1-11-16(18(21)22)24-17(20-11)13-3-2-4-15(9-13)23-10-12-5-7-14(19)8-6-12/h2-9H,10H2,1H3,(H,21,22). The first-order valence-electron chi connectivity index (χ1n) is 7.21. The van der Waals surface area contributed by atoms with Crippen LogP contribution in [0.3, 0.4) is 0 Å². The van der Waals surface area contributed by atoms with Gasteiger partial charge in [0.05, 0.1) is 5.69 Å².